The van der Waals surface area contributed by atoms with Crippen molar-refractivity contribution in [1.29, 1.82) is 5.26 Å². The van der Waals surface area contributed by atoms with Crippen LogP contribution in [0.5, 0.6) is 0 Å². The molecule has 0 aliphatic carbocycles. The number of nitrogen functional groups attached to an aromatic ring is 1. The van der Waals surface area contributed by atoms with Crippen LogP contribution in [-0.4, -0.2) is 33.6 Å². The number of benzene rings is 1. The Morgan fingerprint density at radius 2 is 2.32 bits per heavy atom. The third-order valence-electron chi connectivity index (χ3n) is 3.33. The smallest absolute Gasteiger partial charge is 0.358 e. The van der Waals surface area contributed by atoms with E-state index in [9.17, 15) is 20.2 Å². The average molecular weight is 344 g/mol. The number of esters is 1. The van der Waals surface area contributed by atoms with Crippen molar-refractivity contribution in [3.05, 3.63) is 46.0 Å². The molecule has 1 heterocycles. The number of carbonyl (C=O) groups excluding carboxylic acids is 1. The quantitative estimate of drug-likeness (QED) is 0.332. The first-order chi connectivity index (χ1) is 12.0. The Morgan fingerprint density at radius 1 is 1.56 bits per heavy atom. The SMILES string of the molecule is CCOC(=O)c1cn(CCNc2ccc([N+](=O)[O-])c(N)c2C#N)cn1. The average Bonchev–Trinajstić information content (AvgIpc) is 3.04. The van der Waals surface area contributed by atoms with Gasteiger partial charge in [0, 0.05) is 25.4 Å². The number of anilines is 2. The lowest BCUT2D eigenvalue weighted by Crippen LogP contribution is -2.11. The predicted octanol–water partition coefficient (Wildman–Crippen LogP) is 1.53. The number of hydrogen-bond donors (Lipinski definition) is 2. The number of hydrogen-bond acceptors (Lipinski definition) is 8. The van der Waals surface area contributed by atoms with Crippen LogP contribution in [0.1, 0.15) is 23.0 Å². The molecule has 0 aliphatic rings. The molecule has 0 spiro atoms. The normalized spacial score (nSPS) is 10.1. The summed E-state index contributed by atoms with van der Waals surface area (Å²) < 4.78 is 6.53. The van der Waals surface area contributed by atoms with Crippen molar-refractivity contribution in [3.63, 3.8) is 0 Å². The second kappa shape index (κ2) is 7.78. The summed E-state index contributed by atoms with van der Waals surface area (Å²) in [6, 6.07) is 4.55. The van der Waals surface area contributed by atoms with Crippen LogP contribution in [0.2, 0.25) is 0 Å². The number of carbonyl (C=O) groups is 1. The topological polar surface area (TPSA) is 149 Å². The summed E-state index contributed by atoms with van der Waals surface area (Å²) in [5.74, 6) is -0.496. The van der Waals surface area contributed by atoms with Gasteiger partial charge in [0.15, 0.2) is 5.69 Å². The van der Waals surface area contributed by atoms with E-state index in [2.05, 4.69) is 10.3 Å². The fourth-order valence-electron chi connectivity index (χ4n) is 2.15. The Hall–Kier alpha value is -3.61. The molecule has 0 fully saturated rings. The van der Waals surface area contributed by atoms with E-state index < -0.39 is 10.9 Å². The van der Waals surface area contributed by atoms with E-state index >= 15 is 0 Å². The van der Waals surface area contributed by atoms with Crippen molar-refractivity contribution >= 4 is 23.0 Å². The van der Waals surface area contributed by atoms with Crippen LogP contribution in [0.15, 0.2) is 24.7 Å². The summed E-state index contributed by atoms with van der Waals surface area (Å²) in [7, 11) is 0. The van der Waals surface area contributed by atoms with Gasteiger partial charge in [0.1, 0.15) is 17.3 Å². The van der Waals surface area contributed by atoms with E-state index in [1.54, 1.807) is 17.7 Å². The minimum atomic E-state index is -0.637. The second-order valence-corrected chi connectivity index (χ2v) is 4.93. The van der Waals surface area contributed by atoms with E-state index in [-0.39, 0.29) is 29.2 Å². The maximum Gasteiger partial charge on any atom is 0.358 e. The molecule has 2 aromatic rings. The first-order valence-electron chi connectivity index (χ1n) is 7.37. The Labute approximate surface area is 143 Å². The molecule has 10 heteroatoms. The van der Waals surface area contributed by atoms with Crippen molar-refractivity contribution < 1.29 is 14.5 Å². The van der Waals surface area contributed by atoms with Crippen molar-refractivity contribution in [3.8, 4) is 6.07 Å². The van der Waals surface area contributed by atoms with Gasteiger partial charge >= 0.3 is 5.97 Å². The van der Waals surface area contributed by atoms with Crippen LogP contribution in [0.3, 0.4) is 0 Å². The Kier molecular flexibility index (Phi) is 5.52. The summed E-state index contributed by atoms with van der Waals surface area (Å²) in [5, 5.41) is 23.0. The number of nitro benzene ring substituents is 1. The van der Waals surface area contributed by atoms with Gasteiger partial charge in [-0.05, 0) is 13.0 Å². The number of imidazole rings is 1. The number of nitriles is 1. The number of rotatable bonds is 7. The van der Waals surface area contributed by atoms with E-state index in [4.69, 9.17) is 10.5 Å². The zero-order valence-electron chi connectivity index (χ0n) is 13.4. The molecule has 0 saturated heterocycles. The molecule has 25 heavy (non-hydrogen) atoms. The van der Waals surface area contributed by atoms with Gasteiger partial charge in [-0.2, -0.15) is 5.26 Å². The maximum absolute atomic E-state index is 11.5. The number of nitro groups is 1. The lowest BCUT2D eigenvalue weighted by Gasteiger charge is -2.10. The highest BCUT2D eigenvalue weighted by molar-refractivity contribution is 5.86. The van der Waals surface area contributed by atoms with Gasteiger partial charge in [-0.1, -0.05) is 0 Å². The molecule has 0 aliphatic heterocycles. The minimum Gasteiger partial charge on any atom is -0.461 e. The van der Waals surface area contributed by atoms with Gasteiger partial charge in [0.05, 0.1) is 23.5 Å². The molecule has 0 atom stereocenters. The fraction of sp³-hybridized carbons (Fsp3) is 0.267. The summed E-state index contributed by atoms with van der Waals surface area (Å²) in [4.78, 5) is 25.7. The lowest BCUT2D eigenvalue weighted by molar-refractivity contribution is -0.383. The summed E-state index contributed by atoms with van der Waals surface area (Å²) in [6.07, 6.45) is 3.04. The lowest BCUT2D eigenvalue weighted by atomic mass is 10.1. The van der Waals surface area contributed by atoms with Crippen molar-refractivity contribution in [2.75, 3.05) is 24.2 Å². The van der Waals surface area contributed by atoms with Crippen molar-refractivity contribution in [2.24, 2.45) is 0 Å². The van der Waals surface area contributed by atoms with Crippen LogP contribution in [0, 0.1) is 21.4 Å². The second-order valence-electron chi connectivity index (χ2n) is 4.93. The Bertz CT molecular complexity index is 839. The van der Waals surface area contributed by atoms with Crippen LogP contribution in [-0.2, 0) is 11.3 Å². The van der Waals surface area contributed by atoms with Crippen LogP contribution in [0.4, 0.5) is 17.1 Å². The molecule has 1 aromatic heterocycles. The summed E-state index contributed by atoms with van der Waals surface area (Å²) in [6.45, 7) is 2.83. The summed E-state index contributed by atoms with van der Waals surface area (Å²) >= 11 is 0. The van der Waals surface area contributed by atoms with Gasteiger partial charge in [-0.25, -0.2) is 9.78 Å². The number of nitrogens with zero attached hydrogens (tertiary/aromatic N) is 4. The number of aromatic nitrogens is 2. The first-order valence-corrected chi connectivity index (χ1v) is 7.37. The van der Waals surface area contributed by atoms with Crippen LogP contribution >= 0.6 is 0 Å². The molecule has 10 nitrogen and oxygen atoms in total. The largest absolute Gasteiger partial charge is 0.461 e. The number of ether oxygens (including phenoxy) is 1. The molecule has 0 saturated carbocycles. The molecule has 0 bridgehead atoms. The molecule has 1 aromatic carbocycles. The summed E-state index contributed by atoms with van der Waals surface area (Å²) in [5.41, 5.74) is 5.81. The van der Waals surface area contributed by atoms with Crippen LogP contribution < -0.4 is 11.1 Å². The predicted molar refractivity (Wildman–Crippen MR) is 88.9 cm³/mol. The standard InChI is InChI=1S/C15H16N6O4/c1-2-25-15(22)12-8-20(9-19-12)6-5-18-11-3-4-13(21(23)24)14(17)10(11)7-16/h3-4,8-9,18H,2,5-6,17H2,1H3. The molecular formula is C15H16N6O4. The highest BCUT2D eigenvalue weighted by Gasteiger charge is 2.18. The molecule has 130 valence electrons. The monoisotopic (exact) mass is 344 g/mol. The molecule has 0 radical (unpaired) electrons. The highest BCUT2D eigenvalue weighted by atomic mass is 16.6. The molecule has 0 unspecified atom stereocenters. The highest BCUT2D eigenvalue weighted by Crippen LogP contribution is 2.30. The van der Waals surface area contributed by atoms with Gasteiger partial charge in [-0.15, -0.1) is 0 Å². The molecule has 3 N–H and O–H groups in total. The van der Waals surface area contributed by atoms with Gasteiger partial charge in [0.25, 0.3) is 5.69 Å². The molecule has 2 rings (SSSR count). The van der Waals surface area contributed by atoms with Crippen molar-refractivity contribution in [1.82, 2.24) is 9.55 Å². The van der Waals surface area contributed by atoms with Gasteiger partial charge in [-0.3, -0.25) is 10.1 Å². The Morgan fingerprint density at radius 3 is 2.96 bits per heavy atom. The van der Waals surface area contributed by atoms with E-state index in [0.717, 1.165) is 0 Å². The van der Waals surface area contributed by atoms with E-state index in [0.29, 0.717) is 18.8 Å². The van der Waals surface area contributed by atoms with Gasteiger partial charge in [0.2, 0.25) is 0 Å². The minimum absolute atomic E-state index is 0.0204. The number of nitrogens with one attached hydrogen (secondary N) is 1. The third-order valence-corrected chi connectivity index (χ3v) is 3.33. The third kappa shape index (κ3) is 4.03. The van der Waals surface area contributed by atoms with E-state index in [1.165, 1.54) is 18.5 Å². The van der Waals surface area contributed by atoms with Gasteiger partial charge < -0.3 is 20.4 Å². The van der Waals surface area contributed by atoms with Crippen LogP contribution in [0.25, 0.3) is 0 Å². The first kappa shape index (κ1) is 17.7. The van der Waals surface area contributed by atoms with E-state index in [1.807, 2.05) is 6.07 Å². The fourth-order valence-corrected chi connectivity index (χ4v) is 2.15. The molecule has 0 amide bonds. The maximum atomic E-state index is 11.5. The zero-order chi connectivity index (χ0) is 18.4. The Balaban J connectivity index is 2.03. The van der Waals surface area contributed by atoms with Crippen molar-refractivity contribution in [2.45, 2.75) is 13.5 Å². The number of nitrogens with two attached hydrogens (primary N) is 1. The molecular weight excluding hydrogens is 328 g/mol. The zero-order valence-corrected chi connectivity index (χ0v) is 13.4.